The summed E-state index contributed by atoms with van der Waals surface area (Å²) in [5.41, 5.74) is -3.97. The zero-order valence-electron chi connectivity index (χ0n) is 20.3. The Balaban J connectivity index is 1.66. The first-order chi connectivity index (χ1) is 17.5. The van der Waals surface area contributed by atoms with E-state index in [-0.39, 0.29) is 56.1 Å². The first kappa shape index (κ1) is 26.8. The highest BCUT2D eigenvalue weighted by Gasteiger charge is 2.64. The van der Waals surface area contributed by atoms with E-state index in [1.54, 1.807) is 0 Å². The molecule has 0 unspecified atom stereocenters. The predicted molar refractivity (Wildman–Crippen MR) is 123 cm³/mol. The number of hydrogen-bond acceptors (Lipinski definition) is 4. The molecular weight excluding hydrogens is 499 g/mol. The fourth-order valence-electron chi connectivity index (χ4n) is 5.68. The van der Waals surface area contributed by atoms with E-state index in [0.717, 1.165) is 24.1 Å². The van der Waals surface area contributed by atoms with Gasteiger partial charge in [-0.1, -0.05) is 30.3 Å². The average Bonchev–Trinajstić information content (AvgIpc) is 2.86. The minimum atomic E-state index is -5.04. The third-order valence-corrected chi connectivity index (χ3v) is 7.64. The van der Waals surface area contributed by atoms with Crippen LogP contribution in [0, 0.1) is 17.0 Å². The van der Waals surface area contributed by atoms with Gasteiger partial charge in [0.15, 0.2) is 11.6 Å². The van der Waals surface area contributed by atoms with Crippen molar-refractivity contribution in [2.45, 2.75) is 37.0 Å². The number of methoxy groups -OCH3 is 2. The Morgan fingerprint density at radius 2 is 1.68 bits per heavy atom. The number of carbonyl (C=O) groups is 2. The molecule has 37 heavy (non-hydrogen) atoms. The van der Waals surface area contributed by atoms with Crippen molar-refractivity contribution >= 4 is 11.8 Å². The van der Waals surface area contributed by atoms with Crippen LogP contribution in [-0.2, 0) is 19.9 Å². The third-order valence-electron chi connectivity index (χ3n) is 7.64. The lowest BCUT2D eigenvalue weighted by Gasteiger charge is -2.50. The van der Waals surface area contributed by atoms with Crippen molar-refractivity contribution in [3.05, 3.63) is 65.2 Å². The Morgan fingerprint density at radius 1 is 1.05 bits per heavy atom. The Kier molecular flexibility index (Phi) is 7.20. The van der Waals surface area contributed by atoms with Gasteiger partial charge in [-0.3, -0.25) is 9.59 Å². The molecule has 2 aliphatic rings. The molecule has 0 radical (unpaired) electrons. The molecule has 0 saturated carbocycles. The summed E-state index contributed by atoms with van der Waals surface area (Å²) in [6, 6.07) is 8.68. The second kappa shape index (κ2) is 9.92. The van der Waals surface area contributed by atoms with Gasteiger partial charge in [0.1, 0.15) is 5.75 Å². The first-order valence-corrected chi connectivity index (χ1v) is 11.8. The summed E-state index contributed by atoms with van der Waals surface area (Å²) in [7, 11) is 2.16. The van der Waals surface area contributed by atoms with Crippen LogP contribution in [-0.4, -0.2) is 56.7 Å². The number of likely N-dealkylation sites (tertiary alicyclic amines) is 1. The molecule has 2 heterocycles. The molecule has 0 bridgehead atoms. The summed E-state index contributed by atoms with van der Waals surface area (Å²) in [4.78, 5) is 27.0. The molecule has 2 aliphatic heterocycles. The topological polar surface area (TPSA) is 67.9 Å². The third kappa shape index (κ3) is 4.54. The standard InChI is InChI=1S/C26H27F5N2O4/c1-36-21-13-20(28)19(27)12-17(21)18-15-32-22(34)14-24(18)8-10-33(11-9-24)23(35)25(37-2,26(29,30)31)16-6-4-3-5-7-16/h3-7,12-13,18H,8-11,14-15H2,1-2H3,(H,32,34)/t18-,25-/m1/s1. The smallest absolute Gasteiger partial charge is 0.430 e. The van der Waals surface area contributed by atoms with E-state index in [1.807, 2.05) is 0 Å². The quantitative estimate of drug-likeness (QED) is 0.591. The van der Waals surface area contributed by atoms with Crippen molar-refractivity contribution in [3.63, 3.8) is 0 Å². The number of benzene rings is 2. The molecule has 2 amide bonds. The van der Waals surface area contributed by atoms with Crippen LogP contribution in [0.25, 0.3) is 0 Å². The van der Waals surface area contributed by atoms with Gasteiger partial charge in [-0.15, -0.1) is 0 Å². The van der Waals surface area contributed by atoms with Gasteiger partial charge in [-0.2, -0.15) is 13.2 Å². The SMILES string of the molecule is COc1cc(F)c(F)cc1[C@H]1CNC(=O)CC12CCN(C(=O)[C@](OC)(c1ccccc1)C(F)(F)F)CC2. The number of piperidine rings is 2. The molecule has 4 rings (SSSR count). The van der Waals surface area contributed by atoms with Gasteiger partial charge in [0, 0.05) is 56.3 Å². The minimum Gasteiger partial charge on any atom is -0.496 e. The van der Waals surface area contributed by atoms with Crippen molar-refractivity contribution in [2.75, 3.05) is 33.9 Å². The molecule has 2 saturated heterocycles. The summed E-state index contributed by atoms with van der Waals surface area (Å²) in [6.45, 7) is -0.0476. The number of ether oxygens (including phenoxy) is 2. The predicted octanol–water partition coefficient (Wildman–Crippen LogP) is 4.29. The van der Waals surface area contributed by atoms with Crippen molar-refractivity contribution in [2.24, 2.45) is 5.41 Å². The first-order valence-electron chi connectivity index (χ1n) is 11.8. The van der Waals surface area contributed by atoms with E-state index in [4.69, 9.17) is 9.47 Å². The van der Waals surface area contributed by atoms with Crippen LogP contribution >= 0.6 is 0 Å². The van der Waals surface area contributed by atoms with Crippen LogP contribution < -0.4 is 10.1 Å². The highest BCUT2D eigenvalue weighted by molar-refractivity contribution is 5.88. The van der Waals surface area contributed by atoms with E-state index in [9.17, 15) is 31.5 Å². The number of carbonyl (C=O) groups excluding carboxylic acids is 2. The molecule has 200 valence electrons. The molecule has 2 atom stereocenters. The van der Waals surface area contributed by atoms with Crippen LogP contribution in [0.1, 0.15) is 36.3 Å². The van der Waals surface area contributed by atoms with Gasteiger partial charge in [0.05, 0.1) is 7.11 Å². The Bertz CT molecular complexity index is 1170. The molecule has 6 nitrogen and oxygen atoms in total. The number of rotatable bonds is 5. The highest BCUT2D eigenvalue weighted by Crippen LogP contribution is 2.52. The summed E-state index contributed by atoms with van der Waals surface area (Å²) >= 11 is 0. The summed E-state index contributed by atoms with van der Waals surface area (Å²) in [5, 5.41) is 2.74. The molecule has 2 fully saturated rings. The molecular formula is C26H27F5N2O4. The van der Waals surface area contributed by atoms with Crippen molar-refractivity contribution in [1.82, 2.24) is 10.2 Å². The largest absolute Gasteiger partial charge is 0.496 e. The van der Waals surface area contributed by atoms with Crippen molar-refractivity contribution in [1.29, 1.82) is 0 Å². The molecule has 2 aromatic carbocycles. The van der Waals surface area contributed by atoms with E-state index in [2.05, 4.69) is 5.32 Å². The maximum absolute atomic E-state index is 14.4. The van der Waals surface area contributed by atoms with Gasteiger partial charge in [0.25, 0.3) is 11.5 Å². The van der Waals surface area contributed by atoms with Crippen LogP contribution in [0.4, 0.5) is 22.0 Å². The van der Waals surface area contributed by atoms with Gasteiger partial charge < -0.3 is 19.7 Å². The number of amides is 2. The fourth-order valence-corrected chi connectivity index (χ4v) is 5.68. The van der Waals surface area contributed by atoms with E-state index in [1.165, 1.54) is 37.4 Å². The monoisotopic (exact) mass is 526 g/mol. The van der Waals surface area contributed by atoms with Crippen molar-refractivity contribution in [3.8, 4) is 5.75 Å². The number of hydrogen-bond donors (Lipinski definition) is 1. The normalized spacial score (nSPS) is 21.3. The minimum absolute atomic E-state index is 0.0230. The second-order valence-electron chi connectivity index (χ2n) is 9.45. The van der Waals surface area contributed by atoms with E-state index in [0.29, 0.717) is 5.56 Å². The molecule has 0 aromatic heterocycles. The lowest BCUT2D eigenvalue weighted by atomic mass is 9.62. The molecule has 1 N–H and O–H groups in total. The molecule has 11 heteroatoms. The molecule has 1 spiro atoms. The highest BCUT2D eigenvalue weighted by atomic mass is 19.4. The Hall–Kier alpha value is -3.21. The van der Waals surface area contributed by atoms with Gasteiger partial charge >= 0.3 is 6.18 Å². The fraction of sp³-hybridized carbons (Fsp3) is 0.462. The van der Waals surface area contributed by atoms with E-state index < -0.39 is 40.7 Å². The van der Waals surface area contributed by atoms with Crippen LogP contribution in [0.3, 0.4) is 0 Å². The van der Waals surface area contributed by atoms with E-state index >= 15 is 0 Å². The maximum Gasteiger partial charge on any atom is 0.430 e. The van der Waals surface area contributed by atoms with Crippen LogP contribution in [0.15, 0.2) is 42.5 Å². The van der Waals surface area contributed by atoms with Crippen LogP contribution in [0.5, 0.6) is 5.75 Å². The zero-order valence-corrected chi connectivity index (χ0v) is 20.3. The summed E-state index contributed by atoms with van der Waals surface area (Å²) in [5.74, 6) is -4.06. The zero-order chi connectivity index (χ0) is 27.0. The van der Waals surface area contributed by atoms with Gasteiger partial charge in [-0.05, 0) is 24.3 Å². The summed E-state index contributed by atoms with van der Waals surface area (Å²) < 4.78 is 81.5. The van der Waals surface area contributed by atoms with Gasteiger partial charge in [-0.25, -0.2) is 8.78 Å². The number of nitrogens with one attached hydrogen (secondary N) is 1. The number of nitrogens with zero attached hydrogens (tertiary/aromatic N) is 1. The Morgan fingerprint density at radius 3 is 2.24 bits per heavy atom. The molecule has 2 aromatic rings. The second-order valence-corrected chi connectivity index (χ2v) is 9.45. The Labute approximate surface area is 210 Å². The lowest BCUT2D eigenvalue weighted by Crippen LogP contribution is -2.60. The van der Waals surface area contributed by atoms with Gasteiger partial charge in [0.2, 0.25) is 5.91 Å². The lowest BCUT2D eigenvalue weighted by molar-refractivity contribution is -0.271. The summed E-state index contributed by atoms with van der Waals surface area (Å²) in [6.07, 6.45) is -4.67. The van der Waals surface area contributed by atoms with Crippen molar-refractivity contribution < 1.29 is 41.0 Å². The van der Waals surface area contributed by atoms with Crippen LogP contribution in [0.2, 0.25) is 0 Å². The number of halogens is 5. The maximum atomic E-state index is 14.4. The number of alkyl halides is 3. The molecule has 0 aliphatic carbocycles. The average molecular weight is 527 g/mol.